The van der Waals surface area contributed by atoms with Crippen LogP contribution in [0.4, 0.5) is 5.69 Å². The molecule has 5 heteroatoms. The van der Waals surface area contributed by atoms with Gasteiger partial charge in [0.25, 0.3) is 0 Å². The van der Waals surface area contributed by atoms with Crippen LogP contribution in [0, 0.1) is 0 Å². The molecule has 0 saturated heterocycles. The van der Waals surface area contributed by atoms with Crippen molar-refractivity contribution >= 4 is 23.4 Å². The van der Waals surface area contributed by atoms with Crippen LogP contribution in [0.5, 0.6) is 0 Å². The van der Waals surface area contributed by atoms with Gasteiger partial charge < -0.3 is 15.8 Å². The second kappa shape index (κ2) is 9.04. The molecule has 0 aliphatic heterocycles. The molecule has 0 bridgehead atoms. The zero-order chi connectivity index (χ0) is 12.3. The maximum Gasteiger partial charge on any atom is 0.234 e. The molecule has 17 heavy (non-hydrogen) atoms. The number of rotatable bonds is 8. The van der Waals surface area contributed by atoms with Crippen LogP contribution in [0.25, 0.3) is 0 Å². The maximum absolute atomic E-state index is 11.5. The van der Waals surface area contributed by atoms with Gasteiger partial charge in [-0.1, -0.05) is 18.2 Å². The Morgan fingerprint density at radius 1 is 1.29 bits per heavy atom. The Hall–Kier alpha value is -1.04. The van der Waals surface area contributed by atoms with Crippen LogP contribution in [0.3, 0.4) is 0 Å². The third-order valence-corrected chi connectivity index (χ3v) is 2.85. The summed E-state index contributed by atoms with van der Waals surface area (Å²) in [4.78, 5) is 11.5. The summed E-state index contributed by atoms with van der Waals surface area (Å²) in [5, 5.41) is 2.82. The number of hydrogen-bond acceptors (Lipinski definition) is 4. The summed E-state index contributed by atoms with van der Waals surface area (Å²) in [5.74, 6) is 1.27. The second-order valence-corrected chi connectivity index (χ2v) is 4.47. The van der Waals surface area contributed by atoms with E-state index in [0.29, 0.717) is 25.5 Å². The van der Waals surface area contributed by atoms with Crippen LogP contribution in [-0.4, -0.2) is 37.2 Å². The van der Waals surface area contributed by atoms with Gasteiger partial charge in [0.15, 0.2) is 0 Å². The van der Waals surface area contributed by atoms with Gasteiger partial charge in [-0.25, -0.2) is 0 Å². The average molecular weight is 254 g/mol. The fourth-order valence-corrected chi connectivity index (χ4v) is 1.82. The van der Waals surface area contributed by atoms with E-state index >= 15 is 0 Å². The molecule has 0 unspecified atom stereocenters. The zero-order valence-electron chi connectivity index (χ0n) is 9.72. The van der Waals surface area contributed by atoms with E-state index in [1.807, 2.05) is 30.3 Å². The summed E-state index contributed by atoms with van der Waals surface area (Å²) in [5.41, 5.74) is 6.11. The number of thioether (sulfide) groups is 1. The van der Waals surface area contributed by atoms with Crippen molar-refractivity contribution in [3.05, 3.63) is 30.3 Å². The molecule has 0 saturated carbocycles. The molecule has 0 heterocycles. The van der Waals surface area contributed by atoms with E-state index in [-0.39, 0.29) is 5.91 Å². The minimum absolute atomic E-state index is 0.0139. The van der Waals surface area contributed by atoms with Gasteiger partial charge in [-0.15, -0.1) is 11.8 Å². The van der Waals surface area contributed by atoms with Crippen molar-refractivity contribution in [2.45, 2.75) is 0 Å². The van der Waals surface area contributed by atoms with Gasteiger partial charge >= 0.3 is 0 Å². The number of anilines is 1. The van der Waals surface area contributed by atoms with Gasteiger partial charge in [-0.05, 0) is 12.1 Å². The number of nitrogens with one attached hydrogen (secondary N) is 1. The van der Waals surface area contributed by atoms with E-state index in [1.165, 1.54) is 0 Å². The number of ether oxygens (including phenoxy) is 1. The Balaban J connectivity index is 2.06. The van der Waals surface area contributed by atoms with Gasteiger partial charge in [0.1, 0.15) is 0 Å². The van der Waals surface area contributed by atoms with Gasteiger partial charge in [0, 0.05) is 18.0 Å². The normalized spacial score (nSPS) is 10.2. The predicted octanol–water partition coefficient (Wildman–Crippen LogP) is 1.33. The van der Waals surface area contributed by atoms with Gasteiger partial charge in [0.2, 0.25) is 5.91 Å². The molecule has 3 N–H and O–H groups in total. The van der Waals surface area contributed by atoms with Crippen molar-refractivity contribution in [3.63, 3.8) is 0 Å². The Morgan fingerprint density at radius 3 is 2.76 bits per heavy atom. The third kappa shape index (κ3) is 6.99. The molecular weight excluding hydrogens is 236 g/mol. The first-order valence-corrected chi connectivity index (χ1v) is 6.69. The molecule has 1 amide bonds. The topological polar surface area (TPSA) is 64.3 Å². The number of benzene rings is 1. The standard InChI is InChI=1S/C12H18N2O2S/c13-6-7-16-8-9-17-10-12(15)14-11-4-2-1-3-5-11/h1-5H,6-10,13H2,(H,14,15). The Bertz CT molecular complexity index is 320. The van der Waals surface area contributed by atoms with Crippen LogP contribution >= 0.6 is 11.8 Å². The second-order valence-electron chi connectivity index (χ2n) is 3.37. The van der Waals surface area contributed by atoms with Crippen molar-refractivity contribution in [1.29, 1.82) is 0 Å². The zero-order valence-corrected chi connectivity index (χ0v) is 10.5. The van der Waals surface area contributed by atoms with E-state index in [4.69, 9.17) is 10.5 Å². The minimum atomic E-state index is 0.0139. The summed E-state index contributed by atoms with van der Waals surface area (Å²) in [6.45, 7) is 1.76. The highest BCUT2D eigenvalue weighted by atomic mass is 32.2. The average Bonchev–Trinajstić information content (AvgIpc) is 2.35. The first-order valence-electron chi connectivity index (χ1n) is 5.53. The van der Waals surface area contributed by atoms with E-state index in [2.05, 4.69) is 5.32 Å². The minimum Gasteiger partial charge on any atom is -0.379 e. The van der Waals surface area contributed by atoms with E-state index in [9.17, 15) is 4.79 Å². The highest BCUT2D eigenvalue weighted by Gasteiger charge is 2.01. The number of nitrogens with two attached hydrogens (primary N) is 1. The Labute approximate surface area is 106 Å². The summed E-state index contributed by atoms with van der Waals surface area (Å²) in [6.07, 6.45) is 0. The lowest BCUT2D eigenvalue weighted by Crippen LogP contribution is -2.15. The Morgan fingerprint density at radius 2 is 2.06 bits per heavy atom. The summed E-state index contributed by atoms with van der Waals surface area (Å²) >= 11 is 1.55. The van der Waals surface area contributed by atoms with Gasteiger partial charge in [-0.3, -0.25) is 4.79 Å². The van der Waals surface area contributed by atoms with Crippen molar-refractivity contribution in [3.8, 4) is 0 Å². The monoisotopic (exact) mass is 254 g/mol. The van der Waals surface area contributed by atoms with Gasteiger partial charge in [0.05, 0.1) is 19.0 Å². The highest BCUT2D eigenvalue weighted by Crippen LogP contribution is 2.06. The van der Waals surface area contributed by atoms with Crippen molar-refractivity contribution in [2.75, 3.05) is 36.6 Å². The highest BCUT2D eigenvalue weighted by molar-refractivity contribution is 7.99. The van der Waals surface area contributed by atoms with Crippen LogP contribution < -0.4 is 11.1 Å². The van der Waals surface area contributed by atoms with E-state index < -0.39 is 0 Å². The molecule has 0 aliphatic carbocycles. The summed E-state index contributed by atoms with van der Waals surface area (Å²) in [6, 6.07) is 9.44. The summed E-state index contributed by atoms with van der Waals surface area (Å²) < 4.78 is 5.21. The molecule has 0 aliphatic rings. The van der Waals surface area contributed by atoms with Crippen LogP contribution in [0.1, 0.15) is 0 Å². The molecule has 0 fully saturated rings. The fourth-order valence-electron chi connectivity index (χ4n) is 1.19. The lowest BCUT2D eigenvalue weighted by Gasteiger charge is -2.05. The first kappa shape index (κ1) is 14.0. The number of amides is 1. The van der Waals surface area contributed by atoms with Crippen molar-refractivity contribution in [1.82, 2.24) is 0 Å². The summed E-state index contributed by atoms with van der Waals surface area (Å²) in [7, 11) is 0. The maximum atomic E-state index is 11.5. The lowest BCUT2D eigenvalue weighted by molar-refractivity contribution is -0.113. The van der Waals surface area contributed by atoms with E-state index in [0.717, 1.165) is 11.4 Å². The molecule has 0 atom stereocenters. The largest absolute Gasteiger partial charge is 0.379 e. The quantitative estimate of drug-likeness (QED) is 0.687. The molecule has 4 nitrogen and oxygen atoms in total. The van der Waals surface area contributed by atoms with Crippen LogP contribution in [-0.2, 0) is 9.53 Å². The van der Waals surface area contributed by atoms with Crippen LogP contribution in [0.2, 0.25) is 0 Å². The smallest absolute Gasteiger partial charge is 0.234 e. The van der Waals surface area contributed by atoms with Crippen molar-refractivity contribution < 1.29 is 9.53 Å². The molecule has 1 aromatic carbocycles. The number of hydrogen-bond donors (Lipinski definition) is 2. The first-order chi connectivity index (χ1) is 8.33. The molecule has 0 spiro atoms. The van der Waals surface area contributed by atoms with Gasteiger partial charge in [-0.2, -0.15) is 0 Å². The SMILES string of the molecule is NCCOCCSCC(=O)Nc1ccccc1. The third-order valence-electron chi connectivity index (χ3n) is 1.92. The molecular formula is C12H18N2O2S. The fraction of sp³-hybridized carbons (Fsp3) is 0.417. The molecule has 1 rings (SSSR count). The molecule has 94 valence electrons. The number of carbonyl (C=O) groups is 1. The number of para-hydroxylation sites is 1. The van der Waals surface area contributed by atoms with Crippen LogP contribution in [0.15, 0.2) is 30.3 Å². The molecule has 1 aromatic rings. The molecule has 0 aromatic heterocycles. The van der Waals surface area contributed by atoms with E-state index in [1.54, 1.807) is 11.8 Å². The molecule has 0 radical (unpaired) electrons. The lowest BCUT2D eigenvalue weighted by atomic mass is 10.3. The predicted molar refractivity (Wildman–Crippen MR) is 72.3 cm³/mol. The van der Waals surface area contributed by atoms with Crippen molar-refractivity contribution in [2.24, 2.45) is 5.73 Å². The number of carbonyl (C=O) groups excluding carboxylic acids is 1. The Kier molecular flexibility index (Phi) is 7.46.